The zero-order valence-electron chi connectivity index (χ0n) is 9.30. The molecule has 1 aliphatic carbocycles. The van der Waals surface area contributed by atoms with E-state index in [1.165, 1.54) is 6.20 Å². The van der Waals surface area contributed by atoms with Gasteiger partial charge in [0, 0.05) is 18.4 Å². The van der Waals surface area contributed by atoms with Gasteiger partial charge in [-0.1, -0.05) is 0 Å². The monoisotopic (exact) mass is 234 g/mol. The molecule has 1 amide bonds. The Morgan fingerprint density at radius 3 is 2.82 bits per heavy atom. The predicted octanol–water partition coefficient (Wildman–Crippen LogP) is 1.06. The summed E-state index contributed by atoms with van der Waals surface area (Å²) >= 11 is 0. The van der Waals surface area contributed by atoms with Crippen LogP contribution in [0.5, 0.6) is 0 Å². The third-order valence-corrected chi connectivity index (χ3v) is 3.04. The maximum absolute atomic E-state index is 11.8. The summed E-state index contributed by atoms with van der Waals surface area (Å²) in [5, 5.41) is 11.7. The predicted molar refractivity (Wildman–Crippen MR) is 60.5 cm³/mol. The highest BCUT2D eigenvalue weighted by molar-refractivity contribution is 5.94. The lowest BCUT2D eigenvalue weighted by Gasteiger charge is -2.11. The number of amides is 1. The van der Waals surface area contributed by atoms with Crippen molar-refractivity contribution in [2.24, 2.45) is 5.92 Å². The summed E-state index contributed by atoms with van der Waals surface area (Å²) in [6.07, 6.45) is 4.98. The second kappa shape index (κ2) is 4.95. The fourth-order valence-electron chi connectivity index (χ4n) is 2.10. The minimum atomic E-state index is -0.775. The van der Waals surface area contributed by atoms with Crippen molar-refractivity contribution in [3.8, 4) is 0 Å². The van der Waals surface area contributed by atoms with Gasteiger partial charge in [-0.25, -0.2) is 0 Å². The molecule has 1 aliphatic rings. The minimum absolute atomic E-state index is 0.0381. The Balaban J connectivity index is 1.91. The maximum atomic E-state index is 11.8. The Kier molecular flexibility index (Phi) is 3.37. The largest absolute Gasteiger partial charge is 0.481 e. The molecule has 5 heteroatoms. The van der Waals surface area contributed by atoms with Gasteiger partial charge in [-0.2, -0.15) is 0 Å². The molecule has 0 aromatic carbocycles. The van der Waals surface area contributed by atoms with Crippen molar-refractivity contribution in [3.63, 3.8) is 0 Å². The molecule has 0 saturated heterocycles. The zero-order chi connectivity index (χ0) is 12.3. The van der Waals surface area contributed by atoms with Crippen molar-refractivity contribution in [3.05, 3.63) is 30.1 Å². The van der Waals surface area contributed by atoms with Crippen LogP contribution in [0.15, 0.2) is 24.5 Å². The number of hydrogen-bond acceptors (Lipinski definition) is 3. The Morgan fingerprint density at radius 1 is 1.41 bits per heavy atom. The Hall–Kier alpha value is -1.91. The van der Waals surface area contributed by atoms with Gasteiger partial charge in [0.05, 0.1) is 11.5 Å². The van der Waals surface area contributed by atoms with E-state index in [2.05, 4.69) is 10.3 Å². The number of nitrogens with one attached hydrogen (secondary N) is 1. The molecule has 2 rings (SSSR count). The molecule has 1 aromatic heterocycles. The van der Waals surface area contributed by atoms with Gasteiger partial charge in [-0.3, -0.25) is 14.6 Å². The van der Waals surface area contributed by atoms with E-state index in [1.54, 1.807) is 18.3 Å². The van der Waals surface area contributed by atoms with Crippen molar-refractivity contribution < 1.29 is 14.7 Å². The van der Waals surface area contributed by atoms with Crippen LogP contribution in [0.2, 0.25) is 0 Å². The summed E-state index contributed by atoms with van der Waals surface area (Å²) in [5.41, 5.74) is 0.506. The fraction of sp³-hybridized carbons (Fsp3) is 0.417. The molecule has 0 radical (unpaired) electrons. The first-order valence-electron chi connectivity index (χ1n) is 5.60. The molecular formula is C12H14N2O3. The Morgan fingerprint density at radius 2 is 2.24 bits per heavy atom. The topological polar surface area (TPSA) is 79.3 Å². The number of carbonyl (C=O) groups is 2. The molecule has 0 spiro atoms. The van der Waals surface area contributed by atoms with E-state index in [1.807, 2.05) is 0 Å². The number of carboxylic acids is 1. The van der Waals surface area contributed by atoms with Crippen molar-refractivity contribution in [2.75, 3.05) is 0 Å². The second-order valence-corrected chi connectivity index (χ2v) is 4.26. The zero-order valence-corrected chi connectivity index (χ0v) is 9.30. The number of aliphatic carboxylic acids is 1. The first kappa shape index (κ1) is 11.6. The quantitative estimate of drug-likeness (QED) is 0.819. The van der Waals surface area contributed by atoms with Crippen LogP contribution in [0.1, 0.15) is 29.6 Å². The van der Waals surface area contributed by atoms with E-state index < -0.39 is 5.97 Å². The van der Waals surface area contributed by atoms with Crippen molar-refractivity contribution in [2.45, 2.75) is 25.3 Å². The van der Waals surface area contributed by atoms with Crippen LogP contribution in [-0.4, -0.2) is 28.0 Å². The van der Waals surface area contributed by atoms with Crippen LogP contribution >= 0.6 is 0 Å². The minimum Gasteiger partial charge on any atom is -0.481 e. The Bertz CT molecular complexity index is 419. The van der Waals surface area contributed by atoms with Gasteiger partial charge in [0.2, 0.25) is 0 Å². The lowest BCUT2D eigenvalue weighted by atomic mass is 10.1. The lowest BCUT2D eigenvalue weighted by Crippen LogP contribution is -2.33. The van der Waals surface area contributed by atoms with Crippen LogP contribution in [0.4, 0.5) is 0 Å². The summed E-state index contributed by atoms with van der Waals surface area (Å²) in [6.45, 7) is 0. The van der Waals surface area contributed by atoms with Crippen LogP contribution in [0, 0.1) is 5.92 Å². The number of nitrogens with zero attached hydrogens (tertiary/aromatic N) is 1. The van der Waals surface area contributed by atoms with Gasteiger partial charge in [0.1, 0.15) is 0 Å². The molecule has 90 valence electrons. The number of rotatable bonds is 3. The summed E-state index contributed by atoms with van der Waals surface area (Å²) in [4.78, 5) is 26.4. The van der Waals surface area contributed by atoms with Crippen LogP contribution < -0.4 is 5.32 Å². The highest BCUT2D eigenvalue weighted by Crippen LogP contribution is 2.25. The van der Waals surface area contributed by atoms with Crippen LogP contribution in [-0.2, 0) is 4.79 Å². The number of pyridine rings is 1. The molecule has 1 fully saturated rings. The van der Waals surface area contributed by atoms with E-state index in [9.17, 15) is 9.59 Å². The van der Waals surface area contributed by atoms with E-state index in [4.69, 9.17) is 5.11 Å². The van der Waals surface area contributed by atoms with E-state index in [0.717, 1.165) is 6.42 Å². The molecule has 0 aliphatic heterocycles. The molecule has 2 N–H and O–H groups in total. The smallest absolute Gasteiger partial charge is 0.306 e. The molecule has 0 bridgehead atoms. The number of carboxylic acid groups (broad SMARTS) is 1. The highest BCUT2D eigenvalue weighted by Gasteiger charge is 2.30. The van der Waals surface area contributed by atoms with E-state index in [-0.39, 0.29) is 17.9 Å². The average molecular weight is 234 g/mol. The molecule has 1 heterocycles. The number of hydrogen-bond donors (Lipinski definition) is 2. The van der Waals surface area contributed by atoms with Crippen molar-refractivity contribution >= 4 is 11.9 Å². The Labute approximate surface area is 98.9 Å². The fourth-order valence-corrected chi connectivity index (χ4v) is 2.10. The summed E-state index contributed by atoms with van der Waals surface area (Å²) in [6, 6.07) is 3.35. The standard InChI is InChI=1S/C12H14N2O3/c15-11(9-2-1-5-13-7-9)14-10-4-3-8(6-10)12(16)17/h1-2,5,7-8,10H,3-4,6H2,(H,14,15)(H,16,17)/t8-,10-/m0/s1. The van der Waals surface area contributed by atoms with Gasteiger partial charge >= 0.3 is 5.97 Å². The second-order valence-electron chi connectivity index (χ2n) is 4.26. The van der Waals surface area contributed by atoms with Gasteiger partial charge < -0.3 is 10.4 Å². The summed E-state index contributed by atoms with van der Waals surface area (Å²) in [7, 11) is 0. The van der Waals surface area contributed by atoms with E-state index >= 15 is 0 Å². The normalized spacial score (nSPS) is 23.3. The highest BCUT2D eigenvalue weighted by atomic mass is 16.4. The van der Waals surface area contributed by atoms with Crippen LogP contribution in [0.3, 0.4) is 0 Å². The molecule has 5 nitrogen and oxygen atoms in total. The summed E-state index contributed by atoms with van der Waals surface area (Å²) in [5.74, 6) is -1.29. The maximum Gasteiger partial charge on any atom is 0.306 e. The molecular weight excluding hydrogens is 220 g/mol. The third-order valence-electron chi connectivity index (χ3n) is 3.04. The SMILES string of the molecule is O=C(N[C@H]1CC[C@H](C(=O)O)C1)c1cccnc1. The molecule has 1 aromatic rings. The van der Waals surface area contributed by atoms with Gasteiger partial charge in [-0.05, 0) is 31.4 Å². The number of aromatic nitrogens is 1. The first-order valence-corrected chi connectivity index (χ1v) is 5.60. The van der Waals surface area contributed by atoms with Crippen molar-refractivity contribution in [1.29, 1.82) is 0 Å². The third kappa shape index (κ3) is 2.81. The van der Waals surface area contributed by atoms with E-state index in [0.29, 0.717) is 18.4 Å². The first-order chi connectivity index (χ1) is 8.16. The molecule has 0 unspecified atom stereocenters. The molecule has 17 heavy (non-hydrogen) atoms. The number of carbonyl (C=O) groups excluding carboxylic acids is 1. The van der Waals surface area contributed by atoms with Crippen LogP contribution in [0.25, 0.3) is 0 Å². The van der Waals surface area contributed by atoms with Gasteiger partial charge in [-0.15, -0.1) is 0 Å². The summed E-state index contributed by atoms with van der Waals surface area (Å²) < 4.78 is 0. The average Bonchev–Trinajstić information content (AvgIpc) is 2.79. The molecule has 1 saturated carbocycles. The molecule has 2 atom stereocenters. The lowest BCUT2D eigenvalue weighted by molar-refractivity contribution is -0.141. The van der Waals surface area contributed by atoms with Gasteiger partial charge in [0.15, 0.2) is 0 Å². The van der Waals surface area contributed by atoms with Crippen molar-refractivity contribution in [1.82, 2.24) is 10.3 Å². The van der Waals surface area contributed by atoms with Gasteiger partial charge in [0.25, 0.3) is 5.91 Å².